The van der Waals surface area contributed by atoms with Crippen LogP contribution in [0.25, 0.3) is 0 Å². The fourth-order valence-corrected chi connectivity index (χ4v) is 3.06. The molecule has 0 saturated heterocycles. The van der Waals surface area contributed by atoms with Gasteiger partial charge in [0.05, 0.1) is 19.8 Å². The number of aryl methyl sites for hydroxylation is 1. The number of fused-ring (bicyclic) bond motifs is 1. The fourth-order valence-electron chi connectivity index (χ4n) is 3.06. The van der Waals surface area contributed by atoms with Crippen molar-refractivity contribution in [3.8, 4) is 5.75 Å². The van der Waals surface area contributed by atoms with E-state index < -0.39 is 0 Å². The number of aliphatic hydroxyl groups excluding tert-OH is 1. The second-order valence-electron chi connectivity index (χ2n) is 5.47. The number of rotatable bonds is 5. The van der Waals surface area contributed by atoms with E-state index in [0.717, 1.165) is 24.2 Å². The molecule has 0 radical (unpaired) electrons. The van der Waals surface area contributed by atoms with Crippen LogP contribution in [-0.2, 0) is 6.42 Å². The van der Waals surface area contributed by atoms with Gasteiger partial charge in [-0.15, -0.1) is 0 Å². The molecule has 1 aliphatic rings. The topological polar surface area (TPSA) is 41.5 Å². The van der Waals surface area contributed by atoms with E-state index in [-0.39, 0.29) is 18.7 Å². The van der Waals surface area contributed by atoms with Crippen molar-refractivity contribution < 1.29 is 9.84 Å². The highest BCUT2D eigenvalue weighted by Gasteiger charge is 2.25. The zero-order chi connectivity index (χ0) is 14.7. The van der Waals surface area contributed by atoms with Crippen LogP contribution in [0.1, 0.15) is 35.2 Å². The van der Waals surface area contributed by atoms with Gasteiger partial charge in [0, 0.05) is 6.04 Å². The summed E-state index contributed by atoms with van der Waals surface area (Å²) in [7, 11) is 1.69. The van der Waals surface area contributed by atoms with E-state index in [9.17, 15) is 5.11 Å². The molecule has 3 heteroatoms. The first-order valence-corrected chi connectivity index (χ1v) is 7.40. The minimum absolute atomic E-state index is 0.0339. The summed E-state index contributed by atoms with van der Waals surface area (Å²) in [5.74, 6) is 0.891. The lowest BCUT2D eigenvalue weighted by Gasteiger charge is -2.22. The molecule has 2 N–H and O–H groups in total. The Kier molecular flexibility index (Phi) is 4.23. The van der Waals surface area contributed by atoms with Crippen LogP contribution in [0.5, 0.6) is 5.75 Å². The van der Waals surface area contributed by atoms with Crippen molar-refractivity contribution >= 4 is 0 Å². The SMILES string of the molecule is COc1ccc2c(c1)C(N[C@@H](CO)c1ccccc1)CC2. The number of hydrogen-bond acceptors (Lipinski definition) is 3. The van der Waals surface area contributed by atoms with Crippen molar-refractivity contribution in [2.75, 3.05) is 13.7 Å². The van der Waals surface area contributed by atoms with Gasteiger partial charge < -0.3 is 15.2 Å². The largest absolute Gasteiger partial charge is 0.497 e. The van der Waals surface area contributed by atoms with Crippen molar-refractivity contribution in [3.05, 3.63) is 65.2 Å². The molecule has 21 heavy (non-hydrogen) atoms. The molecule has 2 aromatic carbocycles. The Morgan fingerprint density at radius 1 is 1.24 bits per heavy atom. The number of hydrogen-bond donors (Lipinski definition) is 2. The van der Waals surface area contributed by atoms with Crippen LogP contribution in [0, 0.1) is 0 Å². The van der Waals surface area contributed by atoms with Gasteiger partial charge in [0.25, 0.3) is 0 Å². The highest BCUT2D eigenvalue weighted by Crippen LogP contribution is 2.35. The standard InChI is InChI=1S/C18H21NO2/c1-21-15-9-7-13-8-10-17(16(13)11-15)19-18(12-20)14-5-3-2-4-6-14/h2-7,9,11,17-20H,8,10,12H2,1H3/t17?,18-/m0/s1. The third kappa shape index (κ3) is 2.94. The van der Waals surface area contributed by atoms with E-state index in [1.807, 2.05) is 24.3 Å². The van der Waals surface area contributed by atoms with Crippen molar-refractivity contribution in [2.45, 2.75) is 24.9 Å². The molecule has 0 amide bonds. The molecule has 0 heterocycles. The molecule has 0 aliphatic heterocycles. The normalized spacial score (nSPS) is 18.3. The molecule has 1 aliphatic carbocycles. The van der Waals surface area contributed by atoms with Crippen LogP contribution < -0.4 is 10.1 Å². The highest BCUT2D eigenvalue weighted by atomic mass is 16.5. The van der Waals surface area contributed by atoms with Crippen molar-refractivity contribution in [1.29, 1.82) is 0 Å². The zero-order valence-electron chi connectivity index (χ0n) is 12.3. The van der Waals surface area contributed by atoms with E-state index in [1.165, 1.54) is 11.1 Å². The molecular weight excluding hydrogens is 262 g/mol. The summed E-state index contributed by atoms with van der Waals surface area (Å²) >= 11 is 0. The molecular formula is C18H21NO2. The van der Waals surface area contributed by atoms with Crippen molar-refractivity contribution in [2.24, 2.45) is 0 Å². The molecule has 0 saturated carbocycles. The molecule has 0 spiro atoms. The summed E-state index contributed by atoms with van der Waals surface area (Å²) in [4.78, 5) is 0. The van der Waals surface area contributed by atoms with Gasteiger partial charge in [-0.3, -0.25) is 0 Å². The average Bonchev–Trinajstić information content (AvgIpc) is 2.95. The second kappa shape index (κ2) is 6.29. The van der Waals surface area contributed by atoms with E-state index in [0.29, 0.717) is 0 Å². The average molecular weight is 283 g/mol. The Hall–Kier alpha value is -1.84. The van der Waals surface area contributed by atoms with Gasteiger partial charge >= 0.3 is 0 Å². The third-order valence-corrected chi connectivity index (χ3v) is 4.22. The highest BCUT2D eigenvalue weighted by molar-refractivity contribution is 5.41. The molecule has 3 rings (SSSR count). The molecule has 0 fully saturated rings. The van der Waals surface area contributed by atoms with Gasteiger partial charge in [-0.2, -0.15) is 0 Å². The van der Waals surface area contributed by atoms with Crippen molar-refractivity contribution in [1.82, 2.24) is 5.32 Å². The first-order valence-electron chi connectivity index (χ1n) is 7.40. The van der Waals surface area contributed by atoms with Gasteiger partial charge in [0.2, 0.25) is 0 Å². The van der Waals surface area contributed by atoms with Gasteiger partial charge in [0.15, 0.2) is 0 Å². The quantitative estimate of drug-likeness (QED) is 0.886. The number of methoxy groups -OCH3 is 1. The van der Waals surface area contributed by atoms with Crippen LogP contribution in [0.3, 0.4) is 0 Å². The summed E-state index contributed by atoms with van der Waals surface area (Å²) in [6.45, 7) is 0.0970. The number of ether oxygens (including phenoxy) is 1. The minimum atomic E-state index is -0.0339. The van der Waals surface area contributed by atoms with Gasteiger partial charge in [0.1, 0.15) is 5.75 Å². The first kappa shape index (κ1) is 14.1. The molecule has 0 aromatic heterocycles. The molecule has 0 bridgehead atoms. The summed E-state index contributed by atoms with van der Waals surface area (Å²) in [6.07, 6.45) is 2.13. The first-order chi connectivity index (χ1) is 10.3. The third-order valence-electron chi connectivity index (χ3n) is 4.22. The van der Waals surface area contributed by atoms with E-state index in [4.69, 9.17) is 4.74 Å². The molecule has 3 nitrogen and oxygen atoms in total. The Morgan fingerprint density at radius 2 is 2.05 bits per heavy atom. The Labute approximate surface area is 125 Å². The second-order valence-corrected chi connectivity index (χ2v) is 5.47. The Balaban J connectivity index is 1.80. The maximum atomic E-state index is 9.70. The summed E-state index contributed by atoms with van der Waals surface area (Å²) in [6, 6.07) is 16.6. The predicted octanol–water partition coefficient (Wildman–Crippen LogP) is 3.01. The smallest absolute Gasteiger partial charge is 0.119 e. The van der Waals surface area contributed by atoms with E-state index >= 15 is 0 Å². The monoisotopic (exact) mass is 283 g/mol. The minimum Gasteiger partial charge on any atom is -0.497 e. The Morgan fingerprint density at radius 3 is 2.76 bits per heavy atom. The lowest BCUT2D eigenvalue weighted by atomic mass is 10.0. The maximum absolute atomic E-state index is 9.70. The van der Waals surface area contributed by atoms with Crippen LogP contribution in [0.15, 0.2) is 48.5 Å². The lowest BCUT2D eigenvalue weighted by Crippen LogP contribution is -2.27. The predicted molar refractivity (Wildman–Crippen MR) is 83.5 cm³/mol. The number of aliphatic hydroxyl groups is 1. The van der Waals surface area contributed by atoms with Crippen LogP contribution in [0.4, 0.5) is 0 Å². The number of benzene rings is 2. The van der Waals surface area contributed by atoms with Crippen LogP contribution in [0.2, 0.25) is 0 Å². The van der Waals surface area contributed by atoms with Crippen LogP contribution >= 0.6 is 0 Å². The summed E-state index contributed by atoms with van der Waals surface area (Å²) < 4.78 is 5.33. The fraction of sp³-hybridized carbons (Fsp3) is 0.333. The van der Waals surface area contributed by atoms with E-state index in [1.54, 1.807) is 7.11 Å². The van der Waals surface area contributed by atoms with Gasteiger partial charge in [-0.25, -0.2) is 0 Å². The molecule has 2 atom stereocenters. The molecule has 1 unspecified atom stereocenters. The maximum Gasteiger partial charge on any atom is 0.119 e. The molecule has 2 aromatic rings. The van der Waals surface area contributed by atoms with E-state index in [2.05, 4.69) is 29.6 Å². The summed E-state index contributed by atoms with van der Waals surface area (Å²) in [5.41, 5.74) is 3.79. The van der Waals surface area contributed by atoms with Gasteiger partial charge in [-0.1, -0.05) is 36.4 Å². The Bertz CT molecular complexity index is 597. The van der Waals surface area contributed by atoms with Crippen molar-refractivity contribution in [3.63, 3.8) is 0 Å². The lowest BCUT2D eigenvalue weighted by molar-refractivity contribution is 0.232. The number of nitrogens with one attached hydrogen (secondary N) is 1. The van der Waals surface area contributed by atoms with Crippen LogP contribution in [-0.4, -0.2) is 18.8 Å². The molecule has 110 valence electrons. The van der Waals surface area contributed by atoms with Gasteiger partial charge in [-0.05, 0) is 41.7 Å². The zero-order valence-corrected chi connectivity index (χ0v) is 12.3. The summed E-state index contributed by atoms with van der Waals surface area (Å²) in [5, 5.41) is 13.3.